The molecule has 3 N–H and O–H groups in total. The summed E-state index contributed by atoms with van der Waals surface area (Å²) in [4.78, 5) is 14.3. The molecule has 4 rings (SSSR count). The first kappa shape index (κ1) is 19.2. The van der Waals surface area contributed by atoms with Crippen LogP contribution in [-0.4, -0.2) is 42.6 Å². The molecule has 1 aromatic carbocycles. The van der Waals surface area contributed by atoms with Crippen molar-refractivity contribution in [2.24, 2.45) is 4.99 Å². The number of nitrogens with zero attached hydrogens (tertiary/aromatic N) is 3. The molecule has 0 unspecified atom stereocenters. The van der Waals surface area contributed by atoms with E-state index in [1.807, 2.05) is 18.5 Å². The molecule has 3 heterocycles. The topological polar surface area (TPSA) is 68.3 Å². The minimum atomic E-state index is -0.213. The summed E-state index contributed by atoms with van der Waals surface area (Å²) in [6.45, 7) is 3.57. The smallest absolute Gasteiger partial charge is 0.191 e. The molecule has 0 amide bonds. The van der Waals surface area contributed by atoms with Crippen LogP contribution in [-0.2, 0) is 13.0 Å². The zero-order valence-electron chi connectivity index (χ0n) is 16.7. The number of hydrogen-bond acceptors (Lipinski definition) is 3. The Labute approximate surface area is 170 Å². The van der Waals surface area contributed by atoms with Gasteiger partial charge in [0.1, 0.15) is 11.6 Å². The summed E-state index contributed by atoms with van der Waals surface area (Å²) in [5.41, 5.74) is 3.22. The lowest BCUT2D eigenvalue weighted by Gasteiger charge is -2.17. The van der Waals surface area contributed by atoms with E-state index < -0.39 is 0 Å². The van der Waals surface area contributed by atoms with Crippen molar-refractivity contribution in [2.75, 3.05) is 31.6 Å². The zero-order chi connectivity index (χ0) is 20.1. The highest BCUT2D eigenvalue weighted by Gasteiger charge is 2.13. The van der Waals surface area contributed by atoms with Crippen molar-refractivity contribution in [3.8, 4) is 0 Å². The Kier molecular flexibility index (Phi) is 5.93. The fraction of sp³-hybridized carbons (Fsp3) is 0.364. The molecule has 0 spiro atoms. The van der Waals surface area contributed by atoms with Gasteiger partial charge in [0.25, 0.3) is 0 Å². The van der Waals surface area contributed by atoms with Gasteiger partial charge in [0, 0.05) is 56.5 Å². The SMILES string of the molecule is CN=C(NCCc1c[nH]c2ccc(F)cc12)NCc1ccnc(N2CCCC2)c1. The number of halogens is 1. The van der Waals surface area contributed by atoms with E-state index in [4.69, 9.17) is 0 Å². The third kappa shape index (κ3) is 4.67. The van der Waals surface area contributed by atoms with E-state index in [2.05, 4.69) is 36.6 Å². The number of benzene rings is 1. The largest absolute Gasteiger partial charge is 0.361 e. The monoisotopic (exact) mass is 394 g/mol. The Hall–Kier alpha value is -3.09. The molecule has 1 aliphatic heterocycles. The van der Waals surface area contributed by atoms with Crippen molar-refractivity contribution in [2.45, 2.75) is 25.8 Å². The van der Waals surface area contributed by atoms with E-state index in [1.54, 1.807) is 19.2 Å². The minimum absolute atomic E-state index is 0.213. The second kappa shape index (κ2) is 8.94. The number of anilines is 1. The summed E-state index contributed by atoms with van der Waals surface area (Å²) >= 11 is 0. The number of hydrogen-bond donors (Lipinski definition) is 3. The molecule has 0 atom stereocenters. The number of guanidine groups is 1. The standard InChI is InChI=1S/C22H27FN6/c1-24-22(26-9-7-17-15-27-20-5-4-18(23)13-19(17)20)28-14-16-6-8-25-21(12-16)29-10-2-3-11-29/h4-6,8,12-13,15,27H,2-3,7,9-11,14H2,1H3,(H2,24,26,28). The van der Waals surface area contributed by atoms with Gasteiger partial charge in [-0.2, -0.15) is 0 Å². The van der Waals surface area contributed by atoms with Crippen molar-refractivity contribution in [3.05, 3.63) is 59.7 Å². The summed E-state index contributed by atoms with van der Waals surface area (Å²) in [6.07, 6.45) is 7.07. The molecule has 7 heteroatoms. The Morgan fingerprint density at radius 3 is 2.90 bits per heavy atom. The molecule has 29 heavy (non-hydrogen) atoms. The van der Waals surface area contributed by atoms with Gasteiger partial charge in [-0.1, -0.05) is 0 Å². The van der Waals surface area contributed by atoms with Gasteiger partial charge >= 0.3 is 0 Å². The fourth-order valence-corrected chi connectivity index (χ4v) is 3.77. The predicted molar refractivity (Wildman–Crippen MR) is 116 cm³/mol. The Bertz CT molecular complexity index is 990. The maximum Gasteiger partial charge on any atom is 0.191 e. The predicted octanol–water partition coefficient (Wildman–Crippen LogP) is 3.21. The van der Waals surface area contributed by atoms with Crippen LogP contribution in [0.1, 0.15) is 24.0 Å². The van der Waals surface area contributed by atoms with E-state index >= 15 is 0 Å². The number of aromatic nitrogens is 2. The molecule has 152 valence electrons. The molecule has 0 saturated carbocycles. The van der Waals surface area contributed by atoms with Gasteiger partial charge in [-0.3, -0.25) is 4.99 Å². The molecule has 0 aliphatic carbocycles. The van der Waals surface area contributed by atoms with Crippen molar-refractivity contribution in [1.29, 1.82) is 0 Å². The Morgan fingerprint density at radius 1 is 1.21 bits per heavy atom. The normalized spacial score (nSPS) is 14.6. The van der Waals surface area contributed by atoms with Gasteiger partial charge in [-0.05, 0) is 60.7 Å². The number of aromatic amines is 1. The first-order valence-corrected chi connectivity index (χ1v) is 10.1. The van der Waals surface area contributed by atoms with Crippen molar-refractivity contribution < 1.29 is 4.39 Å². The van der Waals surface area contributed by atoms with Gasteiger partial charge < -0.3 is 20.5 Å². The highest BCUT2D eigenvalue weighted by atomic mass is 19.1. The Morgan fingerprint density at radius 2 is 2.07 bits per heavy atom. The van der Waals surface area contributed by atoms with Crippen LogP contribution in [0.4, 0.5) is 10.2 Å². The maximum absolute atomic E-state index is 13.5. The van der Waals surface area contributed by atoms with E-state index in [1.165, 1.54) is 24.5 Å². The lowest BCUT2D eigenvalue weighted by atomic mass is 10.1. The lowest BCUT2D eigenvalue weighted by molar-refractivity contribution is 0.629. The molecule has 1 fully saturated rings. The fourth-order valence-electron chi connectivity index (χ4n) is 3.77. The minimum Gasteiger partial charge on any atom is -0.361 e. The third-order valence-corrected chi connectivity index (χ3v) is 5.34. The average Bonchev–Trinajstić information content (AvgIpc) is 3.41. The zero-order valence-corrected chi connectivity index (χ0v) is 16.7. The van der Waals surface area contributed by atoms with Crippen LogP contribution in [0.25, 0.3) is 10.9 Å². The van der Waals surface area contributed by atoms with E-state index in [0.717, 1.165) is 47.8 Å². The summed E-state index contributed by atoms with van der Waals surface area (Å²) in [5, 5.41) is 7.62. The van der Waals surface area contributed by atoms with Crippen LogP contribution in [0.2, 0.25) is 0 Å². The van der Waals surface area contributed by atoms with Gasteiger partial charge in [-0.15, -0.1) is 0 Å². The highest BCUT2D eigenvalue weighted by Crippen LogP contribution is 2.20. The number of nitrogens with one attached hydrogen (secondary N) is 3. The van der Waals surface area contributed by atoms with Crippen LogP contribution < -0.4 is 15.5 Å². The number of fused-ring (bicyclic) bond motifs is 1. The molecule has 3 aromatic rings. The number of aliphatic imine (C=N–C) groups is 1. The molecule has 2 aromatic heterocycles. The van der Waals surface area contributed by atoms with E-state index in [0.29, 0.717) is 13.1 Å². The molecule has 0 radical (unpaired) electrons. The quantitative estimate of drug-likeness (QED) is 0.444. The molecule has 0 bridgehead atoms. The third-order valence-electron chi connectivity index (χ3n) is 5.34. The van der Waals surface area contributed by atoms with Crippen LogP contribution in [0.5, 0.6) is 0 Å². The Balaban J connectivity index is 1.30. The maximum atomic E-state index is 13.5. The van der Waals surface area contributed by atoms with Crippen LogP contribution in [0, 0.1) is 5.82 Å². The number of H-pyrrole nitrogens is 1. The molecule has 6 nitrogen and oxygen atoms in total. The average molecular weight is 394 g/mol. The summed E-state index contributed by atoms with van der Waals surface area (Å²) in [5.74, 6) is 1.58. The summed E-state index contributed by atoms with van der Waals surface area (Å²) in [7, 11) is 1.76. The van der Waals surface area contributed by atoms with E-state index in [9.17, 15) is 4.39 Å². The van der Waals surface area contributed by atoms with Gasteiger partial charge in [-0.25, -0.2) is 9.37 Å². The molecule has 1 saturated heterocycles. The number of rotatable bonds is 6. The summed E-state index contributed by atoms with van der Waals surface area (Å²) in [6, 6.07) is 9.00. The van der Waals surface area contributed by atoms with Crippen molar-refractivity contribution >= 4 is 22.7 Å². The van der Waals surface area contributed by atoms with Gasteiger partial charge in [0.05, 0.1) is 0 Å². The van der Waals surface area contributed by atoms with Crippen LogP contribution in [0.15, 0.2) is 47.7 Å². The molecule has 1 aliphatic rings. The van der Waals surface area contributed by atoms with Gasteiger partial charge in [0.2, 0.25) is 0 Å². The molecular formula is C22H27FN6. The highest BCUT2D eigenvalue weighted by molar-refractivity contribution is 5.83. The summed E-state index contributed by atoms with van der Waals surface area (Å²) < 4.78 is 13.5. The number of pyridine rings is 1. The van der Waals surface area contributed by atoms with Crippen molar-refractivity contribution in [3.63, 3.8) is 0 Å². The first-order chi connectivity index (χ1) is 14.2. The second-order valence-corrected chi connectivity index (χ2v) is 7.32. The lowest BCUT2D eigenvalue weighted by Crippen LogP contribution is -2.37. The molecular weight excluding hydrogens is 367 g/mol. The van der Waals surface area contributed by atoms with Gasteiger partial charge in [0.15, 0.2) is 5.96 Å². The van der Waals surface area contributed by atoms with Crippen LogP contribution in [0.3, 0.4) is 0 Å². The van der Waals surface area contributed by atoms with Crippen LogP contribution >= 0.6 is 0 Å². The van der Waals surface area contributed by atoms with E-state index in [-0.39, 0.29) is 5.82 Å². The van der Waals surface area contributed by atoms with Crippen molar-refractivity contribution in [1.82, 2.24) is 20.6 Å². The first-order valence-electron chi connectivity index (χ1n) is 10.1. The second-order valence-electron chi connectivity index (χ2n) is 7.32.